The zero-order chi connectivity index (χ0) is 37.7. The molecule has 7 aromatic rings. The van der Waals surface area contributed by atoms with Crippen molar-refractivity contribution in [1.29, 1.82) is 0 Å². The SMILES string of the molecule is c1ccc(-c2ccc(N(c3ccc4c(c3)-c3ccccc3C43CC4CCC3C4)c3ccc4c(c3)-c3ccccc3C43C4CC5CC(C4)CC3C5)c3ccccc23)cc1. The molecule has 0 aliphatic heterocycles. The molecule has 2 spiro atoms. The Labute approximate surface area is 342 Å². The van der Waals surface area contributed by atoms with Gasteiger partial charge in [-0.25, -0.2) is 0 Å². The molecule has 7 aromatic carbocycles. The van der Waals surface area contributed by atoms with Crippen molar-refractivity contribution in [2.24, 2.45) is 35.5 Å². The summed E-state index contributed by atoms with van der Waals surface area (Å²) in [5.41, 5.74) is 18.9. The largest absolute Gasteiger partial charge is 0.310 e. The van der Waals surface area contributed by atoms with E-state index in [4.69, 9.17) is 0 Å². The Balaban J connectivity index is 0.999. The molecular weight excluding hydrogens is 699 g/mol. The summed E-state index contributed by atoms with van der Waals surface area (Å²) in [6.07, 6.45) is 12.6. The maximum atomic E-state index is 2.62. The molecule has 6 bridgehead atoms. The monoisotopic (exact) mass is 747 g/mol. The van der Waals surface area contributed by atoms with E-state index in [1.807, 2.05) is 0 Å². The summed E-state index contributed by atoms with van der Waals surface area (Å²) < 4.78 is 0. The maximum absolute atomic E-state index is 2.62. The number of hydrogen-bond acceptors (Lipinski definition) is 1. The van der Waals surface area contributed by atoms with Crippen LogP contribution in [0.4, 0.5) is 17.1 Å². The quantitative estimate of drug-likeness (QED) is 0.173. The van der Waals surface area contributed by atoms with Crippen LogP contribution in [0.1, 0.15) is 80.0 Å². The highest BCUT2D eigenvalue weighted by Crippen LogP contribution is 2.70. The van der Waals surface area contributed by atoms with E-state index in [0.29, 0.717) is 0 Å². The lowest BCUT2D eigenvalue weighted by Crippen LogP contribution is -2.55. The van der Waals surface area contributed by atoms with E-state index in [1.54, 1.807) is 22.3 Å². The van der Waals surface area contributed by atoms with Crippen LogP contribution in [0.3, 0.4) is 0 Å². The van der Waals surface area contributed by atoms with Gasteiger partial charge in [0.05, 0.1) is 5.69 Å². The number of anilines is 3. The predicted molar refractivity (Wildman–Crippen MR) is 239 cm³/mol. The predicted octanol–water partition coefficient (Wildman–Crippen LogP) is 14.8. The van der Waals surface area contributed by atoms with Crippen molar-refractivity contribution in [2.75, 3.05) is 4.90 Å². The summed E-state index contributed by atoms with van der Waals surface area (Å²) in [5, 5.41) is 2.58. The van der Waals surface area contributed by atoms with Gasteiger partial charge in [-0.2, -0.15) is 0 Å². The van der Waals surface area contributed by atoms with Crippen LogP contribution < -0.4 is 4.90 Å². The fraction of sp³-hybridized carbons (Fsp3) is 0.298. The third-order valence-corrected chi connectivity index (χ3v) is 17.3. The Morgan fingerprint density at radius 3 is 1.67 bits per heavy atom. The molecule has 1 heteroatoms. The summed E-state index contributed by atoms with van der Waals surface area (Å²) in [7, 11) is 0. The molecule has 0 N–H and O–H groups in total. The molecule has 15 rings (SSSR count). The minimum absolute atomic E-state index is 0.166. The van der Waals surface area contributed by atoms with E-state index in [2.05, 4.69) is 157 Å². The van der Waals surface area contributed by atoms with E-state index < -0.39 is 0 Å². The molecule has 6 fully saturated rings. The number of hydrogen-bond donors (Lipinski definition) is 0. The first kappa shape index (κ1) is 32.5. The van der Waals surface area contributed by atoms with Crippen molar-refractivity contribution < 1.29 is 0 Å². The zero-order valence-corrected chi connectivity index (χ0v) is 33.2. The summed E-state index contributed by atoms with van der Waals surface area (Å²) in [6.45, 7) is 0. The molecule has 8 aliphatic rings. The van der Waals surface area contributed by atoms with E-state index in [1.165, 1.54) is 119 Å². The third-order valence-electron chi connectivity index (χ3n) is 17.3. The van der Waals surface area contributed by atoms with Crippen molar-refractivity contribution in [3.63, 3.8) is 0 Å². The zero-order valence-electron chi connectivity index (χ0n) is 33.2. The summed E-state index contributed by atoms with van der Waals surface area (Å²) in [4.78, 5) is 2.62. The average Bonchev–Trinajstić information content (AvgIpc) is 4.03. The van der Waals surface area contributed by atoms with Crippen molar-refractivity contribution in [3.05, 3.63) is 174 Å². The standard InChI is InChI=1S/C57H49N/c1-2-10-38(11-3-1)44-22-25-55(48-15-5-4-12-45(44)48)58(42-20-23-52-49(32-42)46-13-6-8-16-51(46)56(52)34-35-18-19-39(56)27-35)43-21-24-54-50(33-43)47-14-7-9-17-53(47)57(54)40-28-36-26-37(30-40)31-41(57)29-36/h1-17,20-25,32-33,35-37,39-41H,18-19,26-31,34H2. The number of rotatable bonds is 4. The number of benzene rings is 7. The first-order valence-electron chi connectivity index (χ1n) is 22.5. The van der Waals surface area contributed by atoms with Crippen LogP contribution in [-0.4, -0.2) is 0 Å². The molecule has 0 radical (unpaired) electrons. The Morgan fingerprint density at radius 1 is 0.397 bits per heavy atom. The number of fused-ring (bicyclic) bond motifs is 12. The van der Waals surface area contributed by atoms with Crippen LogP contribution in [0, 0.1) is 35.5 Å². The van der Waals surface area contributed by atoms with E-state index >= 15 is 0 Å². The molecule has 0 amide bonds. The molecule has 1 nitrogen and oxygen atoms in total. The van der Waals surface area contributed by atoms with Gasteiger partial charge in [0.25, 0.3) is 0 Å². The first-order valence-corrected chi connectivity index (χ1v) is 22.5. The highest BCUT2D eigenvalue weighted by molar-refractivity contribution is 6.07. The fourth-order valence-electron chi connectivity index (χ4n) is 15.6. The van der Waals surface area contributed by atoms with Crippen LogP contribution in [0.15, 0.2) is 152 Å². The number of nitrogens with zero attached hydrogens (tertiary/aromatic N) is 1. The van der Waals surface area contributed by atoms with Gasteiger partial charge in [-0.1, -0.05) is 128 Å². The molecule has 6 saturated carbocycles. The van der Waals surface area contributed by atoms with Gasteiger partial charge in [-0.15, -0.1) is 0 Å². The van der Waals surface area contributed by atoms with Crippen molar-refractivity contribution >= 4 is 27.8 Å². The molecule has 0 heterocycles. The smallest absolute Gasteiger partial charge is 0.0540 e. The highest BCUT2D eigenvalue weighted by atomic mass is 15.1. The van der Waals surface area contributed by atoms with Gasteiger partial charge >= 0.3 is 0 Å². The molecule has 3 unspecified atom stereocenters. The van der Waals surface area contributed by atoms with Crippen LogP contribution in [0.5, 0.6) is 0 Å². The summed E-state index contributed by atoms with van der Waals surface area (Å²) in [5.74, 6) is 5.02. The van der Waals surface area contributed by atoms with Crippen molar-refractivity contribution in [2.45, 2.75) is 68.6 Å². The van der Waals surface area contributed by atoms with Crippen LogP contribution >= 0.6 is 0 Å². The average molecular weight is 748 g/mol. The molecule has 282 valence electrons. The Morgan fingerprint density at radius 2 is 0.966 bits per heavy atom. The third kappa shape index (κ3) is 4.08. The van der Waals surface area contributed by atoms with Gasteiger partial charge in [-0.05, 0) is 178 Å². The van der Waals surface area contributed by atoms with Gasteiger partial charge in [0, 0.05) is 27.6 Å². The van der Waals surface area contributed by atoms with Gasteiger partial charge in [0.1, 0.15) is 0 Å². The van der Waals surface area contributed by atoms with Gasteiger partial charge < -0.3 is 4.90 Å². The van der Waals surface area contributed by atoms with E-state index in [0.717, 1.165) is 35.5 Å². The van der Waals surface area contributed by atoms with Crippen LogP contribution in [-0.2, 0) is 10.8 Å². The molecular formula is C57H49N. The molecule has 0 aromatic heterocycles. The highest BCUT2D eigenvalue weighted by Gasteiger charge is 2.62. The second-order valence-corrected chi connectivity index (χ2v) is 19.7. The van der Waals surface area contributed by atoms with Gasteiger partial charge in [-0.3, -0.25) is 0 Å². The normalized spacial score (nSPS) is 29.9. The van der Waals surface area contributed by atoms with E-state index in [-0.39, 0.29) is 10.8 Å². The topological polar surface area (TPSA) is 3.24 Å². The lowest BCUT2D eigenvalue weighted by Gasteiger charge is -2.61. The van der Waals surface area contributed by atoms with Crippen LogP contribution in [0.2, 0.25) is 0 Å². The molecule has 3 atom stereocenters. The summed E-state index contributed by atoms with van der Waals surface area (Å²) >= 11 is 0. The second-order valence-electron chi connectivity index (χ2n) is 19.7. The summed E-state index contributed by atoms with van der Waals surface area (Å²) in [6, 6.07) is 59.2. The van der Waals surface area contributed by atoms with Crippen molar-refractivity contribution in [3.8, 4) is 33.4 Å². The molecule has 58 heavy (non-hydrogen) atoms. The Hall–Kier alpha value is -5.40. The molecule has 0 saturated heterocycles. The molecule has 8 aliphatic carbocycles. The van der Waals surface area contributed by atoms with Gasteiger partial charge in [0.15, 0.2) is 0 Å². The maximum Gasteiger partial charge on any atom is 0.0540 e. The lowest BCUT2D eigenvalue weighted by molar-refractivity contribution is -0.0399. The van der Waals surface area contributed by atoms with Gasteiger partial charge in [0.2, 0.25) is 0 Å². The Bertz CT molecular complexity index is 2820. The second kappa shape index (κ2) is 11.6. The van der Waals surface area contributed by atoms with Crippen LogP contribution in [0.25, 0.3) is 44.2 Å². The minimum atomic E-state index is 0.166. The van der Waals surface area contributed by atoms with Crippen molar-refractivity contribution in [1.82, 2.24) is 0 Å². The lowest BCUT2D eigenvalue weighted by atomic mass is 9.43. The fourth-order valence-corrected chi connectivity index (χ4v) is 15.6. The minimum Gasteiger partial charge on any atom is -0.310 e. The van der Waals surface area contributed by atoms with E-state index in [9.17, 15) is 0 Å². The Kier molecular flexibility index (Phi) is 6.52. The first-order chi connectivity index (χ1) is 28.7.